The minimum absolute atomic E-state index is 0. The molecule has 0 spiro atoms. The Hall–Kier alpha value is -1.35. The van der Waals surface area contributed by atoms with Crippen LogP contribution in [0.2, 0.25) is 0 Å². The summed E-state index contributed by atoms with van der Waals surface area (Å²) in [6.07, 6.45) is -0.0561. The van der Waals surface area contributed by atoms with E-state index >= 15 is 0 Å². The highest BCUT2D eigenvalue weighted by Crippen LogP contribution is 2.24. The van der Waals surface area contributed by atoms with Gasteiger partial charge in [0.15, 0.2) is 5.96 Å². The zero-order chi connectivity index (χ0) is 17.5. The van der Waals surface area contributed by atoms with Gasteiger partial charge in [0.25, 0.3) is 0 Å². The number of carbonyl (C=O) groups is 1. The SMILES string of the molecule is CN=C(NCC(OC)c1ccccc1)N1CC(C)C(C(=O)OC)C1.I. The molecule has 0 amide bonds. The number of hydrogen-bond acceptors (Lipinski definition) is 4. The number of methoxy groups -OCH3 is 2. The van der Waals surface area contributed by atoms with Gasteiger partial charge in [0.2, 0.25) is 0 Å². The first-order valence-electron chi connectivity index (χ1n) is 8.21. The third-order valence-electron chi connectivity index (χ3n) is 4.53. The number of guanidine groups is 1. The molecule has 2 rings (SSSR count). The molecule has 25 heavy (non-hydrogen) atoms. The van der Waals surface area contributed by atoms with Gasteiger partial charge in [0.1, 0.15) is 0 Å². The molecule has 0 bridgehead atoms. The van der Waals surface area contributed by atoms with E-state index in [-0.39, 0.29) is 47.9 Å². The van der Waals surface area contributed by atoms with Gasteiger partial charge in [-0.2, -0.15) is 0 Å². The minimum atomic E-state index is -0.153. The Morgan fingerprint density at radius 2 is 2.00 bits per heavy atom. The molecule has 1 saturated heterocycles. The van der Waals surface area contributed by atoms with Gasteiger partial charge in [0, 0.05) is 33.8 Å². The molecule has 7 heteroatoms. The molecule has 1 aromatic carbocycles. The Balaban J connectivity index is 0.00000312. The molecule has 1 aromatic rings. The number of rotatable bonds is 5. The molecule has 0 aliphatic carbocycles. The Morgan fingerprint density at radius 1 is 1.32 bits per heavy atom. The number of benzene rings is 1. The van der Waals surface area contributed by atoms with E-state index in [4.69, 9.17) is 9.47 Å². The van der Waals surface area contributed by atoms with Crippen molar-refractivity contribution in [3.8, 4) is 0 Å². The number of ether oxygens (including phenoxy) is 2. The molecule has 3 unspecified atom stereocenters. The first-order valence-corrected chi connectivity index (χ1v) is 8.21. The lowest BCUT2D eigenvalue weighted by molar-refractivity contribution is -0.145. The summed E-state index contributed by atoms with van der Waals surface area (Å²) in [7, 11) is 4.89. The van der Waals surface area contributed by atoms with E-state index in [1.54, 1.807) is 14.2 Å². The first-order chi connectivity index (χ1) is 11.6. The molecule has 6 nitrogen and oxygen atoms in total. The minimum Gasteiger partial charge on any atom is -0.469 e. The highest BCUT2D eigenvalue weighted by molar-refractivity contribution is 14.0. The van der Waals surface area contributed by atoms with Crippen molar-refractivity contribution in [3.05, 3.63) is 35.9 Å². The lowest BCUT2D eigenvalue weighted by Crippen LogP contribution is -2.42. The summed E-state index contributed by atoms with van der Waals surface area (Å²) in [5.74, 6) is 0.759. The quantitative estimate of drug-likeness (QED) is 0.316. The van der Waals surface area contributed by atoms with Crippen LogP contribution in [0.3, 0.4) is 0 Å². The van der Waals surface area contributed by atoms with Crippen LogP contribution in [0.25, 0.3) is 0 Å². The van der Waals surface area contributed by atoms with Gasteiger partial charge in [-0.15, -0.1) is 24.0 Å². The van der Waals surface area contributed by atoms with Crippen LogP contribution in [0.4, 0.5) is 0 Å². The lowest BCUT2D eigenvalue weighted by atomic mass is 9.99. The number of carbonyl (C=O) groups excluding carboxylic acids is 1. The molecule has 1 fully saturated rings. The van der Waals surface area contributed by atoms with Crippen molar-refractivity contribution in [2.24, 2.45) is 16.8 Å². The predicted molar refractivity (Wildman–Crippen MR) is 109 cm³/mol. The summed E-state index contributed by atoms with van der Waals surface area (Å²) in [6, 6.07) is 10.1. The van der Waals surface area contributed by atoms with Gasteiger partial charge in [0.05, 0.1) is 19.1 Å². The van der Waals surface area contributed by atoms with Gasteiger partial charge in [-0.05, 0) is 11.5 Å². The normalized spacial score (nSPS) is 21.4. The monoisotopic (exact) mass is 461 g/mol. The van der Waals surface area contributed by atoms with Crippen molar-refractivity contribution >= 4 is 35.9 Å². The van der Waals surface area contributed by atoms with E-state index in [1.807, 2.05) is 30.3 Å². The number of hydrogen-bond donors (Lipinski definition) is 1. The fraction of sp³-hybridized carbons (Fsp3) is 0.556. The van der Waals surface area contributed by atoms with Crippen LogP contribution in [0.1, 0.15) is 18.6 Å². The largest absolute Gasteiger partial charge is 0.469 e. The van der Waals surface area contributed by atoms with Crippen molar-refractivity contribution in [3.63, 3.8) is 0 Å². The van der Waals surface area contributed by atoms with Crippen LogP contribution < -0.4 is 5.32 Å². The second-order valence-electron chi connectivity index (χ2n) is 6.08. The Bertz CT molecular complexity index is 568. The van der Waals surface area contributed by atoms with E-state index in [9.17, 15) is 4.79 Å². The number of nitrogens with zero attached hydrogens (tertiary/aromatic N) is 2. The number of aliphatic imine (C=N–C) groups is 1. The molecule has 1 heterocycles. The van der Waals surface area contributed by atoms with Gasteiger partial charge in [-0.1, -0.05) is 37.3 Å². The maximum atomic E-state index is 11.8. The Labute approximate surface area is 167 Å². The standard InChI is InChI=1S/C18H27N3O3.HI/c1-13-11-21(12-15(13)17(22)24-4)18(19-2)20-10-16(23-3)14-8-6-5-7-9-14;/h5-9,13,15-16H,10-12H2,1-4H3,(H,19,20);1H. The number of halogens is 1. The van der Waals surface area contributed by atoms with Crippen LogP contribution in [0.5, 0.6) is 0 Å². The van der Waals surface area contributed by atoms with E-state index in [0.29, 0.717) is 13.1 Å². The predicted octanol–water partition coefficient (Wildman–Crippen LogP) is 2.31. The Morgan fingerprint density at radius 3 is 2.56 bits per heavy atom. The molecule has 0 aromatic heterocycles. The molecule has 3 atom stereocenters. The smallest absolute Gasteiger partial charge is 0.310 e. The zero-order valence-electron chi connectivity index (χ0n) is 15.3. The number of esters is 1. The van der Waals surface area contributed by atoms with Crippen molar-refractivity contribution in [1.29, 1.82) is 0 Å². The van der Waals surface area contributed by atoms with Gasteiger partial charge < -0.3 is 19.7 Å². The van der Waals surface area contributed by atoms with E-state index in [1.165, 1.54) is 7.11 Å². The molecule has 0 radical (unpaired) electrons. The van der Waals surface area contributed by atoms with Crippen LogP contribution in [-0.2, 0) is 14.3 Å². The molecule has 1 aliphatic rings. The summed E-state index contributed by atoms with van der Waals surface area (Å²) in [6.45, 7) is 4.08. The highest BCUT2D eigenvalue weighted by atomic mass is 127. The number of nitrogens with one attached hydrogen (secondary N) is 1. The molecule has 1 N–H and O–H groups in total. The molecule has 0 saturated carbocycles. The van der Waals surface area contributed by atoms with Gasteiger partial charge in [-0.3, -0.25) is 9.79 Å². The summed E-state index contributed by atoms with van der Waals surface area (Å²) in [4.78, 5) is 18.3. The van der Waals surface area contributed by atoms with Crippen LogP contribution in [-0.4, -0.2) is 57.7 Å². The van der Waals surface area contributed by atoms with Crippen molar-refractivity contribution in [1.82, 2.24) is 10.2 Å². The van der Waals surface area contributed by atoms with Crippen molar-refractivity contribution < 1.29 is 14.3 Å². The average Bonchev–Trinajstić information content (AvgIpc) is 3.00. The average molecular weight is 461 g/mol. The topological polar surface area (TPSA) is 63.2 Å². The zero-order valence-corrected chi connectivity index (χ0v) is 17.6. The highest BCUT2D eigenvalue weighted by Gasteiger charge is 2.36. The summed E-state index contributed by atoms with van der Waals surface area (Å²) in [5.41, 5.74) is 1.12. The second kappa shape index (κ2) is 10.6. The lowest BCUT2D eigenvalue weighted by Gasteiger charge is -2.24. The molecular weight excluding hydrogens is 433 g/mol. The maximum absolute atomic E-state index is 11.8. The van der Waals surface area contributed by atoms with Crippen molar-refractivity contribution in [2.45, 2.75) is 13.0 Å². The van der Waals surface area contributed by atoms with E-state index < -0.39 is 0 Å². The van der Waals surface area contributed by atoms with Crippen molar-refractivity contribution in [2.75, 3.05) is 40.9 Å². The summed E-state index contributed by atoms with van der Waals surface area (Å²) < 4.78 is 10.5. The third-order valence-corrected chi connectivity index (χ3v) is 4.53. The summed E-state index contributed by atoms with van der Waals surface area (Å²) in [5, 5.41) is 3.36. The fourth-order valence-corrected chi connectivity index (χ4v) is 3.12. The van der Waals surface area contributed by atoms with Crippen LogP contribution in [0, 0.1) is 11.8 Å². The maximum Gasteiger partial charge on any atom is 0.310 e. The third kappa shape index (κ3) is 5.57. The van der Waals surface area contributed by atoms with E-state index in [2.05, 4.69) is 22.1 Å². The van der Waals surface area contributed by atoms with Gasteiger partial charge >= 0.3 is 5.97 Å². The van der Waals surface area contributed by atoms with Crippen LogP contribution in [0.15, 0.2) is 35.3 Å². The first kappa shape index (κ1) is 21.7. The molecule has 140 valence electrons. The summed E-state index contributed by atoms with van der Waals surface area (Å²) >= 11 is 0. The van der Waals surface area contributed by atoms with E-state index in [0.717, 1.165) is 18.1 Å². The Kier molecular flexibility index (Phi) is 9.20. The van der Waals surface area contributed by atoms with Crippen LogP contribution >= 0.6 is 24.0 Å². The molecular formula is C18H28IN3O3. The fourth-order valence-electron chi connectivity index (χ4n) is 3.12. The van der Waals surface area contributed by atoms with Gasteiger partial charge in [-0.25, -0.2) is 0 Å². The molecule has 1 aliphatic heterocycles. The number of likely N-dealkylation sites (tertiary alicyclic amines) is 1. The second-order valence-corrected chi connectivity index (χ2v) is 6.08.